The first-order valence-electron chi connectivity index (χ1n) is 14.0. The molecule has 1 saturated heterocycles. The molecule has 1 aliphatic rings. The molecule has 1 heterocycles. The highest BCUT2D eigenvalue weighted by Gasteiger charge is 2.30. The van der Waals surface area contributed by atoms with E-state index in [0.29, 0.717) is 32.6 Å². The minimum atomic E-state index is -1.18. The molecule has 1 aromatic rings. The lowest BCUT2D eigenvalue weighted by atomic mass is 9.98. The summed E-state index contributed by atoms with van der Waals surface area (Å²) in [6, 6.07) is 7.94. The van der Waals surface area contributed by atoms with E-state index in [1.807, 2.05) is 37.3 Å². The summed E-state index contributed by atoms with van der Waals surface area (Å²) in [5.74, 6) is -1.17. The van der Waals surface area contributed by atoms with E-state index in [0.717, 1.165) is 24.8 Å². The van der Waals surface area contributed by atoms with Crippen molar-refractivity contribution in [3.05, 3.63) is 35.9 Å². The van der Waals surface area contributed by atoms with Crippen LogP contribution in [0.15, 0.2) is 30.3 Å². The molecule has 5 N–H and O–H groups in total. The van der Waals surface area contributed by atoms with Gasteiger partial charge in [0, 0.05) is 32.7 Å². The third-order valence-corrected chi connectivity index (χ3v) is 6.62. The van der Waals surface area contributed by atoms with Crippen LogP contribution in [0.5, 0.6) is 0 Å². The molecule has 0 unspecified atom stereocenters. The van der Waals surface area contributed by atoms with Gasteiger partial charge in [-0.25, -0.2) is 4.79 Å². The number of amides is 3. The van der Waals surface area contributed by atoms with Crippen LogP contribution in [0.25, 0.3) is 0 Å². The number of ether oxygens (including phenoxy) is 2. The Morgan fingerprint density at radius 1 is 1.15 bits per heavy atom. The molecule has 0 radical (unpaired) electrons. The number of hydrogen-bond acceptors (Lipinski definition) is 7. The molecule has 3 amide bonds. The Balaban J connectivity index is 0.00000840. The number of esters is 1. The standard InChI is InChI=1S/C28H44N6O6.ClH/c1-3-5-14-33(16-13-25(36)39-4-2)26(37)23(32-28(38)40-20-21-10-7-6-8-11-21)17-24(35)31-18-22-12-9-15-34(19-22)27(29)30;/h6-8,10-11,22-23H,3-5,9,12-20H2,1-2H3,(H3,29,30)(H,31,35)(H,32,38);1H/t22-,23-;/m0./s1. The average Bonchev–Trinajstić information content (AvgIpc) is 2.95. The number of guanidine groups is 1. The van der Waals surface area contributed by atoms with Crippen molar-refractivity contribution in [2.45, 2.75) is 65.0 Å². The van der Waals surface area contributed by atoms with Crippen molar-refractivity contribution in [3.63, 3.8) is 0 Å². The lowest BCUT2D eigenvalue weighted by Gasteiger charge is -2.33. The lowest BCUT2D eigenvalue weighted by molar-refractivity contribution is -0.144. The van der Waals surface area contributed by atoms with Crippen LogP contribution in [0.2, 0.25) is 0 Å². The molecule has 12 nitrogen and oxygen atoms in total. The SMILES string of the molecule is CCCCN(CCC(=O)OCC)C(=O)[C@H](CC(=O)NC[C@@H]1CCCN(C(=N)N)C1)NC(=O)OCc1ccccc1.Cl. The number of nitrogens with two attached hydrogens (primary N) is 1. The molecular formula is C28H45ClN6O6. The topological polar surface area (TPSA) is 167 Å². The fourth-order valence-electron chi connectivity index (χ4n) is 4.43. The van der Waals surface area contributed by atoms with Crippen molar-refractivity contribution in [1.29, 1.82) is 5.41 Å². The molecule has 1 aromatic carbocycles. The van der Waals surface area contributed by atoms with E-state index >= 15 is 0 Å². The van der Waals surface area contributed by atoms with Gasteiger partial charge in [-0.05, 0) is 37.7 Å². The molecule has 0 spiro atoms. The van der Waals surface area contributed by atoms with Gasteiger partial charge in [-0.15, -0.1) is 12.4 Å². The van der Waals surface area contributed by atoms with Crippen LogP contribution in [-0.2, 0) is 30.5 Å². The molecule has 230 valence electrons. The second-order valence-electron chi connectivity index (χ2n) is 9.84. The summed E-state index contributed by atoms with van der Waals surface area (Å²) >= 11 is 0. The highest BCUT2D eigenvalue weighted by molar-refractivity contribution is 5.91. The summed E-state index contributed by atoms with van der Waals surface area (Å²) in [4.78, 5) is 54.4. The van der Waals surface area contributed by atoms with Gasteiger partial charge in [-0.1, -0.05) is 43.7 Å². The predicted molar refractivity (Wildman–Crippen MR) is 157 cm³/mol. The fourth-order valence-corrected chi connectivity index (χ4v) is 4.43. The Kier molecular flexibility index (Phi) is 16.9. The Morgan fingerprint density at radius 2 is 1.88 bits per heavy atom. The average molecular weight is 597 g/mol. The lowest BCUT2D eigenvalue weighted by Crippen LogP contribution is -2.52. The molecular weight excluding hydrogens is 552 g/mol. The number of benzene rings is 1. The summed E-state index contributed by atoms with van der Waals surface area (Å²) in [5, 5.41) is 13.1. The van der Waals surface area contributed by atoms with E-state index < -0.39 is 29.9 Å². The Labute approximate surface area is 248 Å². The van der Waals surface area contributed by atoms with Gasteiger partial charge in [0.05, 0.1) is 19.4 Å². The molecule has 41 heavy (non-hydrogen) atoms. The van der Waals surface area contributed by atoms with Gasteiger partial charge in [0.2, 0.25) is 11.8 Å². The zero-order valence-corrected chi connectivity index (χ0v) is 24.9. The van der Waals surface area contributed by atoms with Crippen molar-refractivity contribution < 1.29 is 28.7 Å². The number of piperidine rings is 1. The van der Waals surface area contributed by atoms with Crippen LogP contribution < -0.4 is 16.4 Å². The maximum atomic E-state index is 13.6. The zero-order chi connectivity index (χ0) is 29.3. The molecule has 2 atom stereocenters. The van der Waals surface area contributed by atoms with Crippen LogP contribution in [0.1, 0.15) is 57.9 Å². The quantitative estimate of drug-likeness (QED) is 0.136. The number of carbonyl (C=O) groups is 4. The van der Waals surface area contributed by atoms with Crippen molar-refractivity contribution in [1.82, 2.24) is 20.4 Å². The van der Waals surface area contributed by atoms with E-state index in [1.54, 1.807) is 11.8 Å². The molecule has 0 aromatic heterocycles. The summed E-state index contributed by atoms with van der Waals surface area (Å²) in [6.07, 6.45) is 2.16. The van der Waals surface area contributed by atoms with Crippen molar-refractivity contribution in [2.75, 3.05) is 39.3 Å². The first-order valence-corrected chi connectivity index (χ1v) is 14.0. The van der Waals surface area contributed by atoms with Gasteiger partial charge in [0.25, 0.3) is 0 Å². The van der Waals surface area contributed by atoms with Crippen LogP contribution >= 0.6 is 12.4 Å². The number of unbranched alkanes of at least 4 members (excludes halogenated alkanes) is 1. The summed E-state index contributed by atoms with van der Waals surface area (Å²) in [6.45, 7) is 6.08. The molecule has 1 fully saturated rings. The van der Waals surface area contributed by atoms with Crippen LogP contribution in [0, 0.1) is 11.3 Å². The minimum absolute atomic E-state index is 0. The number of nitrogens with zero attached hydrogens (tertiary/aromatic N) is 2. The van der Waals surface area contributed by atoms with Gasteiger partial charge in [0.1, 0.15) is 12.6 Å². The maximum Gasteiger partial charge on any atom is 0.408 e. The maximum absolute atomic E-state index is 13.6. The smallest absolute Gasteiger partial charge is 0.408 e. The van der Waals surface area contributed by atoms with Gasteiger partial charge < -0.3 is 35.6 Å². The van der Waals surface area contributed by atoms with Crippen molar-refractivity contribution >= 4 is 42.2 Å². The van der Waals surface area contributed by atoms with Crippen LogP contribution in [-0.4, -0.2) is 85.0 Å². The third kappa shape index (κ3) is 13.6. The van der Waals surface area contributed by atoms with Gasteiger partial charge in [0.15, 0.2) is 5.96 Å². The van der Waals surface area contributed by atoms with E-state index in [-0.39, 0.29) is 56.9 Å². The normalized spacial score (nSPS) is 15.1. The molecule has 13 heteroatoms. The third-order valence-electron chi connectivity index (χ3n) is 6.62. The summed E-state index contributed by atoms with van der Waals surface area (Å²) < 4.78 is 10.3. The molecule has 0 saturated carbocycles. The minimum Gasteiger partial charge on any atom is -0.466 e. The van der Waals surface area contributed by atoms with E-state index in [2.05, 4.69) is 10.6 Å². The molecule has 0 aliphatic carbocycles. The van der Waals surface area contributed by atoms with Crippen molar-refractivity contribution in [3.8, 4) is 0 Å². The number of hydrogen-bond donors (Lipinski definition) is 4. The number of rotatable bonds is 15. The number of halogens is 1. The molecule has 0 bridgehead atoms. The summed E-state index contributed by atoms with van der Waals surface area (Å²) in [7, 11) is 0. The van der Waals surface area contributed by atoms with E-state index in [9.17, 15) is 19.2 Å². The molecule has 2 rings (SSSR count). The van der Waals surface area contributed by atoms with Crippen LogP contribution in [0.4, 0.5) is 4.79 Å². The zero-order valence-electron chi connectivity index (χ0n) is 24.1. The monoisotopic (exact) mass is 596 g/mol. The Morgan fingerprint density at radius 3 is 2.54 bits per heavy atom. The van der Waals surface area contributed by atoms with E-state index in [4.69, 9.17) is 20.6 Å². The number of likely N-dealkylation sites (tertiary alicyclic amines) is 1. The van der Waals surface area contributed by atoms with Gasteiger partial charge >= 0.3 is 12.1 Å². The Bertz CT molecular complexity index is 982. The number of nitrogens with one attached hydrogen (secondary N) is 3. The first kappa shape index (κ1) is 35.5. The Hall–Kier alpha value is -3.54. The highest BCUT2D eigenvalue weighted by Crippen LogP contribution is 2.15. The first-order chi connectivity index (χ1) is 19.2. The van der Waals surface area contributed by atoms with Crippen LogP contribution in [0.3, 0.4) is 0 Å². The highest BCUT2D eigenvalue weighted by atomic mass is 35.5. The van der Waals surface area contributed by atoms with Gasteiger partial charge in [-0.2, -0.15) is 0 Å². The van der Waals surface area contributed by atoms with E-state index in [1.165, 1.54) is 4.90 Å². The predicted octanol–water partition coefficient (Wildman–Crippen LogP) is 2.40. The second-order valence-corrected chi connectivity index (χ2v) is 9.84. The fraction of sp³-hybridized carbons (Fsp3) is 0.607. The molecule has 1 aliphatic heterocycles. The largest absolute Gasteiger partial charge is 0.466 e. The van der Waals surface area contributed by atoms with Crippen molar-refractivity contribution in [2.24, 2.45) is 11.7 Å². The van der Waals surface area contributed by atoms with Gasteiger partial charge in [-0.3, -0.25) is 19.8 Å². The number of alkyl carbamates (subject to hydrolysis) is 1. The number of carbonyl (C=O) groups excluding carboxylic acids is 4. The second kappa shape index (κ2) is 19.5. The summed E-state index contributed by atoms with van der Waals surface area (Å²) in [5.41, 5.74) is 6.40.